The molecule has 1 aliphatic heterocycles. The molecule has 0 radical (unpaired) electrons. The molecule has 2 aromatic carbocycles. The van der Waals surface area contributed by atoms with Crippen molar-refractivity contribution in [2.45, 2.75) is 50.8 Å². The number of unbranched alkanes of at least 4 members (excludes halogenated alkanes) is 1. The van der Waals surface area contributed by atoms with Crippen LogP contribution in [-0.2, 0) is 5.67 Å². The summed E-state index contributed by atoms with van der Waals surface area (Å²) in [6, 6.07) is 10.1. The summed E-state index contributed by atoms with van der Waals surface area (Å²) in [5, 5.41) is 6.53. The maximum atomic E-state index is 14.4. The zero-order chi connectivity index (χ0) is 30.7. The van der Waals surface area contributed by atoms with Crippen LogP contribution in [0.25, 0.3) is 0 Å². The van der Waals surface area contributed by atoms with Crippen LogP contribution in [0.2, 0.25) is 5.02 Å². The Labute approximate surface area is 243 Å². The van der Waals surface area contributed by atoms with E-state index in [0.29, 0.717) is 49.3 Å². The first-order chi connectivity index (χ1) is 19.7. The van der Waals surface area contributed by atoms with Gasteiger partial charge in [-0.05, 0) is 37.6 Å². The molecule has 1 atom stereocenters. The maximum absolute atomic E-state index is 14.4. The van der Waals surface area contributed by atoms with Crippen LogP contribution in [0, 0.1) is 0 Å². The highest BCUT2D eigenvalue weighted by Crippen LogP contribution is 2.53. The molecule has 0 bridgehead atoms. The quantitative estimate of drug-likeness (QED) is 0.190. The van der Waals surface area contributed by atoms with Crippen LogP contribution >= 0.6 is 11.6 Å². The topological polar surface area (TPSA) is 69.2 Å². The molecule has 228 valence electrons. The van der Waals surface area contributed by atoms with E-state index in [0.717, 1.165) is 30.7 Å². The number of nitrogens with zero attached hydrogens (tertiary/aromatic N) is 5. The van der Waals surface area contributed by atoms with Crippen molar-refractivity contribution in [2.75, 3.05) is 46.6 Å². The molecule has 0 aliphatic carbocycles. The van der Waals surface area contributed by atoms with Crippen LogP contribution < -0.4 is 20.4 Å². The van der Waals surface area contributed by atoms with E-state index in [-0.39, 0.29) is 23.6 Å². The minimum absolute atomic E-state index is 0.00522. The molecular weight excluding hydrogens is 591 g/mol. The summed E-state index contributed by atoms with van der Waals surface area (Å²) < 4.78 is 93.3. The van der Waals surface area contributed by atoms with Crippen LogP contribution in [0.5, 0.6) is 0 Å². The third kappa shape index (κ3) is 6.58. The lowest BCUT2D eigenvalue weighted by atomic mass is 9.94. The summed E-state index contributed by atoms with van der Waals surface area (Å²) in [4.78, 5) is 17.4. The first-order valence-electron chi connectivity index (χ1n) is 13.2. The van der Waals surface area contributed by atoms with Crippen molar-refractivity contribution in [1.82, 2.24) is 15.0 Å². The number of halogens is 8. The zero-order valence-electron chi connectivity index (χ0n) is 22.7. The number of aromatic nitrogens is 3. The number of benzene rings is 2. The molecule has 2 N–H and O–H groups in total. The third-order valence-corrected chi connectivity index (χ3v) is 7.15. The number of hydrogen-bond donors (Lipinski definition) is 2. The van der Waals surface area contributed by atoms with E-state index in [2.05, 4.69) is 30.5 Å². The van der Waals surface area contributed by atoms with Gasteiger partial charge in [0.15, 0.2) is 0 Å². The lowest BCUT2D eigenvalue weighted by molar-refractivity contribution is -0.348. The Balaban J connectivity index is 1.59. The van der Waals surface area contributed by atoms with Gasteiger partial charge in [0, 0.05) is 43.5 Å². The van der Waals surface area contributed by atoms with Crippen molar-refractivity contribution in [3.8, 4) is 0 Å². The Kier molecular flexibility index (Phi) is 9.24. The number of anilines is 5. The van der Waals surface area contributed by atoms with Gasteiger partial charge < -0.3 is 20.4 Å². The van der Waals surface area contributed by atoms with Gasteiger partial charge in [-0.15, -0.1) is 0 Å². The number of hydrogen-bond acceptors (Lipinski definition) is 7. The second-order valence-electron chi connectivity index (χ2n) is 9.86. The second-order valence-corrected chi connectivity index (χ2v) is 10.3. The molecule has 0 saturated carbocycles. The van der Waals surface area contributed by atoms with Crippen molar-refractivity contribution < 1.29 is 30.7 Å². The van der Waals surface area contributed by atoms with Crippen molar-refractivity contribution in [3.05, 3.63) is 59.1 Å². The smallest absolute Gasteiger partial charge is 0.367 e. The standard InChI is InChI=1S/C27H29ClF7N7/c1-3-4-13-36-22-38-23(37-19-11-9-18(10-12-19)25(29,26(30,31)32)27(33,34)35)40-24(39-22)42-15-14-41(16-17(42)2)21-8-6-5-7-20(21)28/h5-12,17H,3-4,13-16H2,1-2H3,(H2,36,37,38,39,40)/t17-/m1/s1. The Morgan fingerprint density at radius 1 is 0.881 bits per heavy atom. The van der Waals surface area contributed by atoms with Crippen LogP contribution in [0.15, 0.2) is 48.5 Å². The lowest BCUT2D eigenvalue weighted by Gasteiger charge is -2.41. The van der Waals surface area contributed by atoms with E-state index in [1.165, 1.54) is 0 Å². The fraction of sp³-hybridized carbons (Fsp3) is 0.444. The van der Waals surface area contributed by atoms with E-state index in [4.69, 9.17) is 11.6 Å². The Morgan fingerprint density at radius 2 is 1.52 bits per heavy atom. The van der Waals surface area contributed by atoms with Crippen molar-refractivity contribution in [1.29, 1.82) is 0 Å². The average molecular weight is 620 g/mol. The van der Waals surface area contributed by atoms with Crippen molar-refractivity contribution in [3.63, 3.8) is 0 Å². The minimum Gasteiger partial charge on any atom is -0.367 e. The lowest BCUT2D eigenvalue weighted by Crippen LogP contribution is -2.53. The highest BCUT2D eigenvalue weighted by Gasteiger charge is 2.73. The van der Waals surface area contributed by atoms with Crippen molar-refractivity contribution in [2.24, 2.45) is 0 Å². The average Bonchev–Trinajstić information content (AvgIpc) is 2.92. The number of alkyl halides is 7. The summed E-state index contributed by atoms with van der Waals surface area (Å²) in [7, 11) is 0. The number of rotatable bonds is 9. The highest BCUT2D eigenvalue weighted by atomic mass is 35.5. The number of piperazine rings is 1. The molecule has 0 amide bonds. The fourth-order valence-corrected chi connectivity index (χ4v) is 4.84. The van der Waals surface area contributed by atoms with E-state index >= 15 is 0 Å². The maximum Gasteiger partial charge on any atom is 0.435 e. The molecular formula is C27H29ClF7N7. The Morgan fingerprint density at radius 3 is 2.12 bits per heavy atom. The van der Waals surface area contributed by atoms with Crippen LogP contribution in [0.4, 0.5) is 60.0 Å². The summed E-state index contributed by atoms with van der Waals surface area (Å²) in [5.41, 5.74) is -6.14. The van der Waals surface area contributed by atoms with Gasteiger partial charge in [-0.2, -0.15) is 41.3 Å². The monoisotopic (exact) mass is 619 g/mol. The van der Waals surface area contributed by atoms with Gasteiger partial charge in [-0.3, -0.25) is 0 Å². The van der Waals surface area contributed by atoms with Gasteiger partial charge in [-0.1, -0.05) is 49.2 Å². The molecule has 1 saturated heterocycles. The first kappa shape index (κ1) is 31.4. The predicted molar refractivity (Wildman–Crippen MR) is 148 cm³/mol. The van der Waals surface area contributed by atoms with Gasteiger partial charge in [0.2, 0.25) is 17.8 Å². The van der Waals surface area contributed by atoms with E-state index in [1.54, 1.807) is 0 Å². The van der Waals surface area contributed by atoms with Gasteiger partial charge in [0.25, 0.3) is 0 Å². The SMILES string of the molecule is CCCCNc1nc(Nc2ccc(C(F)(C(F)(F)F)C(F)(F)F)cc2)nc(N2CCN(c3ccccc3Cl)C[C@H]2C)n1. The van der Waals surface area contributed by atoms with Crippen LogP contribution in [-0.4, -0.2) is 59.5 Å². The summed E-state index contributed by atoms with van der Waals surface area (Å²) in [5.74, 6) is 0.571. The fourth-order valence-electron chi connectivity index (χ4n) is 4.59. The summed E-state index contributed by atoms with van der Waals surface area (Å²) in [6.45, 7) is 6.34. The van der Waals surface area contributed by atoms with Gasteiger partial charge >= 0.3 is 18.0 Å². The molecule has 7 nitrogen and oxygen atoms in total. The zero-order valence-corrected chi connectivity index (χ0v) is 23.5. The molecule has 2 heterocycles. The molecule has 1 aromatic heterocycles. The predicted octanol–water partition coefficient (Wildman–Crippen LogP) is 7.49. The largest absolute Gasteiger partial charge is 0.435 e. The molecule has 42 heavy (non-hydrogen) atoms. The van der Waals surface area contributed by atoms with E-state index < -0.39 is 23.6 Å². The molecule has 1 fully saturated rings. The minimum atomic E-state index is -6.20. The van der Waals surface area contributed by atoms with Crippen LogP contribution in [0.1, 0.15) is 32.3 Å². The van der Waals surface area contributed by atoms with Gasteiger partial charge in [-0.25, -0.2) is 4.39 Å². The normalized spacial score (nSPS) is 16.5. The molecule has 3 aromatic rings. The van der Waals surface area contributed by atoms with Gasteiger partial charge in [0.1, 0.15) is 0 Å². The first-order valence-corrected chi connectivity index (χ1v) is 13.6. The van der Waals surface area contributed by atoms with Crippen LogP contribution in [0.3, 0.4) is 0 Å². The number of para-hydroxylation sites is 1. The van der Waals surface area contributed by atoms with E-state index in [1.807, 2.05) is 43.0 Å². The molecule has 4 rings (SSSR count). The third-order valence-electron chi connectivity index (χ3n) is 6.83. The van der Waals surface area contributed by atoms with Gasteiger partial charge in [0.05, 0.1) is 10.7 Å². The Hall–Kier alpha value is -3.55. The number of nitrogens with one attached hydrogen (secondary N) is 2. The molecule has 15 heteroatoms. The van der Waals surface area contributed by atoms with E-state index in [9.17, 15) is 30.7 Å². The highest BCUT2D eigenvalue weighted by molar-refractivity contribution is 6.33. The summed E-state index contributed by atoms with van der Waals surface area (Å²) >= 11 is 6.38. The Bertz CT molecular complexity index is 1340. The molecule has 0 unspecified atom stereocenters. The van der Waals surface area contributed by atoms with Crippen molar-refractivity contribution >= 4 is 40.8 Å². The second kappa shape index (κ2) is 12.4. The summed E-state index contributed by atoms with van der Waals surface area (Å²) in [6.07, 6.45) is -10.7. The molecule has 1 aliphatic rings. The molecule has 0 spiro atoms.